The van der Waals surface area contributed by atoms with Gasteiger partial charge in [0.05, 0.1) is 6.61 Å². The summed E-state index contributed by atoms with van der Waals surface area (Å²) >= 11 is 0. The summed E-state index contributed by atoms with van der Waals surface area (Å²) in [6, 6.07) is 0. The Hall–Kier alpha value is -1.31. The molecular formula is C23H40O2. The zero-order chi connectivity index (χ0) is 18.6. The zero-order valence-corrected chi connectivity index (χ0v) is 16.7. The van der Waals surface area contributed by atoms with Crippen molar-refractivity contribution in [1.82, 2.24) is 0 Å². The molecule has 0 fully saturated rings. The standard InChI is InChI=1S/C23H40O2/c1-4-5-6-7-8-9-10-11-12-13-14-15-16-17-18-19-23(24)25-21-20-22(2)3/h8-9,11-12H,2,4-7,10,13-21H2,1,3H3/b9-8-,12-11-. The van der Waals surface area contributed by atoms with Gasteiger partial charge in [0.25, 0.3) is 0 Å². The van der Waals surface area contributed by atoms with Crippen LogP contribution in [-0.2, 0) is 9.53 Å². The van der Waals surface area contributed by atoms with Gasteiger partial charge in [-0.05, 0) is 45.4 Å². The molecule has 144 valence electrons. The Labute approximate surface area is 156 Å². The molecule has 0 atom stereocenters. The first-order valence-corrected chi connectivity index (χ1v) is 10.3. The second kappa shape index (κ2) is 19.0. The van der Waals surface area contributed by atoms with E-state index >= 15 is 0 Å². The number of esters is 1. The summed E-state index contributed by atoms with van der Waals surface area (Å²) < 4.78 is 5.16. The molecule has 0 aromatic rings. The van der Waals surface area contributed by atoms with Crippen LogP contribution in [0.2, 0.25) is 0 Å². The van der Waals surface area contributed by atoms with Gasteiger partial charge in [-0.3, -0.25) is 4.79 Å². The van der Waals surface area contributed by atoms with E-state index in [0.29, 0.717) is 13.0 Å². The summed E-state index contributed by atoms with van der Waals surface area (Å²) in [7, 11) is 0. The van der Waals surface area contributed by atoms with E-state index < -0.39 is 0 Å². The molecule has 25 heavy (non-hydrogen) atoms. The van der Waals surface area contributed by atoms with Crippen molar-refractivity contribution in [1.29, 1.82) is 0 Å². The van der Waals surface area contributed by atoms with Gasteiger partial charge in [-0.2, -0.15) is 0 Å². The van der Waals surface area contributed by atoms with E-state index in [1.807, 2.05) is 6.92 Å². The van der Waals surface area contributed by atoms with Crippen molar-refractivity contribution in [2.75, 3.05) is 6.61 Å². The summed E-state index contributed by atoms with van der Waals surface area (Å²) in [4.78, 5) is 11.5. The van der Waals surface area contributed by atoms with Gasteiger partial charge < -0.3 is 4.74 Å². The molecule has 2 nitrogen and oxygen atoms in total. The highest BCUT2D eigenvalue weighted by atomic mass is 16.5. The lowest BCUT2D eigenvalue weighted by Crippen LogP contribution is -2.05. The summed E-state index contributed by atoms with van der Waals surface area (Å²) in [5.41, 5.74) is 1.06. The van der Waals surface area contributed by atoms with Gasteiger partial charge in [0, 0.05) is 12.8 Å². The van der Waals surface area contributed by atoms with Gasteiger partial charge in [0.2, 0.25) is 0 Å². The van der Waals surface area contributed by atoms with E-state index in [1.165, 1.54) is 51.4 Å². The molecule has 0 saturated carbocycles. The van der Waals surface area contributed by atoms with Gasteiger partial charge in [-0.1, -0.05) is 68.9 Å². The molecule has 0 radical (unpaired) electrons. The molecule has 0 rings (SSSR count). The minimum Gasteiger partial charge on any atom is -0.465 e. The largest absolute Gasteiger partial charge is 0.465 e. The highest BCUT2D eigenvalue weighted by Crippen LogP contribution is 2.09. The SMILES string of the molecule is C=C(C)CCOC(=O)CCCCCCC/C=C\C/C=C\CCCCC. The molecule has 0 spiro atoms. The first-order chi connectivity index (χ1) is 12.2. The van der Waals surface area contributed by atoms with Crippen LogP contribution in [0, 0.1) is 0 Å². The molecule has 0 bridgehead atoms. The molecule has 0 aromatic heterocycles. The molecule has 0 aliphatic carbocycles. The van der Waals surface area contributed by atoms with Crippen LogP contribution in [0.4, 0.5) is 0 Å². The van der Waals surface area contributed by atoms with Crippen LogP contribution in [0.5, 0.6) is 0 Å². The van der Waals surface area contributed by atoms with E-state index in [4.69, 9.17) is 4.74 Å². The van der Waals surface area contributed by atoms with Crippen LogP contribution < -0.4 is 0 Å². The number of carbonyl (C=O) groups excluding carboxylic acids is 1. The van der Waals surface area contributed by atoms with Crippen molar-refractivity contribution < 1.29 is 9.53 Å². The number of allylic oxidation sites excluding steroid dienone is 4. The van der Waals surface area contributed by atoms with Crippen LogP contribution in [0.3, 0.4) is 0 Å². The number of rotatable bonds is 17. The van der Waals surface area contributed by atoms with Crippen molar-refractivity contribution in [3.63, 3.8) is 0 Å². The maximum atomic E-state index is 11.5. The van der Waals surface area contributed by atoms with Gasteiger partial charge in [-0.15, -0.1) is 6.58 Å². The molecule has 0 N–H and O–H groups in total. The van der Waals surface area contributed by atoms with Gasteiger partial charge >= 0.3 is 5.97 Å². The second-order valence-corrected chi connectivity index (χ2v) is 6.91. The monoisotopic (exact) mass is 348 g/mol. The number of unbranched alkanes of at least 4 members (excludes halogenated alkanes) is 8. The van der Waals surface area contributed by atoms with Crippen LogP contribution >= 0.6 is 0 Å². The molecule has 0 saturated heterocycles. The lowest BCUT2D eigenvalue weighted by Gasteiger charge is -2.04. The van der Waals surface area contributed by atoms with Crippen molar-refractivity contribution in [3.05, 3.63) is 36.5 Å². The van der Waals surface area contributed by atoms with Gasteiger partial charge in [0.15, 0.2) is 0 Å². The van der Waals surface area contributed by atoms with Crippen LogP contribution in [-0.4, -0.2) is 12.6 Å². The van der Waals surface area contributed by atoms with Crippen molar-refractivity contribution in [2.24, 2.45) is 0 Å². The third-order valence-electron chi connectivity index (χ3n) is 4.12. The minimum atomic E-state index is -0.0630. The third kappa shape index (κ3) is 20.6. The van der Waals surface area contributed by atoms with Gasteiger partial charge in [-0.25, -0.2) is 0 Å². The molecule has 0 heterocycles. The Morgan fingerprint density at radius 3 is 2.08 bits per heavy atom. The van der Waals surface area contributed by atoms with Gasteiger partial charge in [0.1, 0.15) is 0 Å². The predicted molar refractivity (Wildman–Crippen MR) is 110 cm³/mol. The maximum absolute atomic E-state index is 11.5. The molecule has 2 heteroatoms. The maximum Gasteiger partial charge on any atom is 0.305 e. The van der Waals surface area contributed by atoms with Crippen LogP contribution in [0.15, 0.2) is 36.5 Å². The Morgan fingerprint density at radius 1 is 0.840 bits per heavy atom. The Morgan fingerprint density at radius 2 is 1.44 bits per heavy atom. The normalized spacial score (nSPS) is 11.4. The summed E-state index contributed by atoms with van der Waals surface area (Å²) in [5.74, 6) is -0.0630. The lowest BCUT2D eigenvalue weighted by atomic mass is 10.1. The predicted octanol–water partition coefficient (Wildman–Crippen LogP) is 7.31. The number of carbonyl (C=O) groups is 1. The first kappa shape index (κ1) is 23.7. The molecule has 0 aliphatic heterocycles. The number of hydrogen-bond donors (Lipinski definition) is 0. The van der Waals surface area contributed by atoms with E-state index in [0.717, 1.165) is 31.3 Å². The lowest BCUT2D eigenvalue weighted by molar-refractivity contribution is -0.143. The molecule has 0 unspecified atom stereocenters. The van der Waals surface area contributed by atoms with E-state index in [-0.39, 0.29) is 5.97 Å². The third-order valence-corrected chi connectivity index (χ3v) is 4.12. The quantitative estimate of drug-likeness (QED) is 0.156. The van der Waals surface area contributed by atoms with E-state index in [1.54, 1.807) is 0 Å². The average Bonchev–Trinajstić information content (AvgIpc) is 2.58. The molecular weight excluding hydrogens is 308 g/mol. The molecule has 0 aliphatic rings. The molecule has 0 amide bonds. The minimum absolute atomic E-state index is 0.0630. The Bertz CT molecular complexity index is 380. The topological polar surface area (TPSA) is 26.3 Å². The fourth-order valence-electron chi connectivity index (χ4n) is 2.49. The van der Waals surface area contributed by atoms with Crippen LogP contribution in [0.1, 0.15) is 97.3 Å². The first-order valence-electron chi connectivity index (χ1n) is 10.3. The van der Waals surface area contributed by atoms with Crippen molar-refractivity contribution >= 4 is 5.97 Å². The smallest absolute Gasteiger partial charge is 0.305 e. The fraction of sp³-hybridized carbons (Fsp3) is 0.696. The Balaban J connectivity index is 3.28. The molecule has 0 aromatic carbocycles. The van der Waals surface area contributed by atoms with E-state index in [9.17, 15) is 4.79 Å². The number of ether oxygens (including phenoxy) is 1. The van der Waals surface area contributed by atoms with E-state index in [2.05, 4.69) is 37.8 Å². The van der Waals surface area contributed by atoms with Crippen LogP contribution in [0.25, 0.3) is 0 Å². The summed E-state index contributed by atoms with van der Waals surface area (Å²) in [5, 5.41) is 0. The van der Waals surface area contributed by atoms with Crippen molar-refractivity contribution in [2.45, 2.75) is 97.3 Å². The highest BCUT2D eigenvalue weighted by Gasteiger charge is 2.02. The fourth-order valence-corrected chi connectivity index (χ4v) is 2.49. The summed E-state index contributed by atoms with van der Waals surface area (Å²) in [6.45, 7) is 8.47. The van der Waals surface area contributed by atoms with Crippen molar-refractivity contribution in [3.8, 4) is 0 Å². The highest BCUT2D eigenvalue weighted by molar-refractivity contribution is 5.69. The average molecular weight is 349 g/mol. The Kier molecular flexibility index (Phi) is 18.0. The second-order valence-electron chi connectivity index (χ2n) is 6.91. The number of hydrogen-bond acceptors (Lipinski definition) is 2. The summed E-state index contributed by atoms with van der Waals surface area (Å²) in [6.07, 6.45) is 23.7. The zero-order valence-electron chi connectivity index (χ0n) is 16.7.